The van der Waals surface area contributed by atoms with E-state index in [1.807, 2.05) is 30.3 Å². The second-order valence-corrected chi connectivity index (χ2v) is 6.79. The van der Waals surface area contributed by atoms with Crippen LogP contribution in [-0.2, 0) is 25.7 Å². The van der Waals surface area contributed by atoms with Crippen LogP contribution in [0.2, 0.25) is 0 Å². The van der Waals surface area contributed by atoms with Gasteiger partial charge in [0, 0.05) is 25.3 Å². The van der Waals surface area contributed by atoms with Gasteiger partial charge in [-0.25, -0.2) is 4.79 Å². The highest BCUT2D eigenvalue weighted by molar-refractivity contribution is 6.35. The second kappa shape index (κ2) is 9.69. The topological polar surface area (TPSA) is 96.0 Å². The molecule has 1 aliphatic heterocycles. The number of nitrogens with zero attached hydrogens (tertiary/aromatic N) is 2. The zero-order chi connectivity index (χ0) is 21.5. The fraction of sp³-hybridized carbons (Fsp3) is 0.273. The lowest BCUT2D eigenvalue weighted by atomic mass is 10.2. The number of rotatable bonds is 7. The maximum absolute atomic E-state index is 12.4. The molecule has 8 heteroatoms. The fourth-order valence-electron chi connectivity index (χ4n) is 3.10. The lowest BCUT2D eigenvalue weighted by Crippen LogP contribution is -2.55. The number of carbonyl (C=O) groups is 4. The average Bonchev–Trinajstić information content (AvgIpc) is 2.75. The Bertz CT molecular complexity index is 928. The third-order valence-electron chi connectivity index (χ3n) is 4.63. The summed E-state index contributed by atoms with van der Waals surface area (Å²) >= 11 is 0. The summed E-state index contributed by atoms with van der Waals surface area (Å²) in [7, 11) is 0. The molecular weight excluding hydrogens is 386 g/mol. The van der Waals surface area contributed by atoms with Gasteiger partial charge in [0.05, 0.1) is 12.2 Å². The number of ether oxygens (including phenoxy) is 1. The molecule has 0 aliphatic carbocycles. The molecule has 0 spiro atoms. The van der Waals surface area contributed by atoms with Crippen molar-refractivity contribution in [3.05, 3.63) is 65.7 Å². The molecule has 0 aromatic heterocycles. The average molecular weight is 409 g/mol. The molecule has 1 aliphatic rings. The number of hydrogen-bond acceptors (Lipinski definition) is 5. The van der Waals surface area contributed by atoms with E-state index in [-0.39, 0.29) is 19.7 Å². The summed E-state index contributed by atoms with van der Waals surface area (Å²) in [6, 6.07) is 15.7. The fourth-order valence-corrected chi connectivity index (χ4v) is 3.10. The number of nitrogens with one attached hydrogen (secondary N) is 1. The van der Waals surface area contributed by atoms with Gasteiger partial charge in [0.1, 0.15) is 6.54 Å². The van der Waals surface area contributed by atoms with E-state index < -0.39 is 23.7 Å². The molecular formula is C22H23N3O5. The van der Waals surface area contributed by atoms with E-state index in [4.69, 9.17) is 4.74 Å². The van der Waals surface area contributed by atoms with Gasteiger partial charge in [-0.15, -0.1) is 0 Å². The molecule has 0 atom stereocenters. The van der Waals surface area contributed by atoms with Crippen LogP contribution < -0.4 is 5.32 Å². The second-order valence-electron chi connectivity index (χ2n) is 6.79. The van der Waals surface area contributed by atoms with Gasteiger partial charge in [0.15, 0.2) is 0 Å². The molecule has 0 bridgehead atoms. The van der Waals surface area contributed by atoms with Crippen molar-refractivity contribution in [2.75, 3.05) is 31.6 Å². The smallest absolute Gasteiger partial charge is 0.338 e. The normalized spacial score (nSPS) is 13.9. The summed E-state index contributed by atoms with van der Waals surface area (Å²) < 4.78 is 4.91. The molecule has 1 N–H and O–H groups in total. The zero-order valence-corrected chi connectivity index (χ0v) is 16.7. The van der Waals surface area contributed by atoms with Crippen LogP contribution in [0.4, 0.5) is 5.69 Å². The highest BCUT2D eigenvalue weighted by Crippen LogP contribution is 2.13. The van der Waals surface area contributed by atoms with Crippen LogP contribution in [0.3, 0.4) is 0 Å². The van der Waals surface area contributed by atoms with E-state index in [1.165, 1.54) is 9.80 Å². The van der Waals surface area contributed by atoms with Crippen molar-refractivity contribution in [1.29, 1.82) is 0 Å². The Balaban J connectivity index is 1.53. The predicted molar refractivity (Wildman–Crippen MR) is 109 cm³/mol. The van der Waals surface area contributed by atoms with Crippen molar-refractivity contribution < 1.29 is 23.9 Å². The minimum Gasteiger partial charge on any atom is -0.462 e. The van der Waals surface area contributed by atoms with Gasteiger partial charge >= 0.3 is 17.8 Å². The molecule has 3 amide bonds. The lowest BCUT2D eigenvalue weighted by molar-refractivity contribution is -0.157. The molecule has 3 rings (SSSR count). The SMILES string of the molecule is CCOC(=O)c1ccc(NC(=O)CN2CCN(Cc3ccccc3)C(=O)C2=O)cc1. The number of benzene rings is 2. The number of hydrogen-bond donors (Lipinski definition) is 1. The van der Waals surface area contributed by atoms with E-state index >= 15 is 0 Å². The van der Waals surface area contributed by atoms with Gasteiger partial charge in [-0.1, -0.05) is 30.3 Å². The molecule has 1 heterocycles. The van der Waals surface area contributed by atoms with Crippen molar-refractivity contribution in [3.8, 4) is 0 Å². The third kappa shape index (κ3) is 5.22. The van der Waals surface area contributed by atoms with Crippen LogP contribution in [-0.4, -0.2) is 59.7 Å². The number of anilines is 1. The molecule has 0 radical (unpaired) electrons. The molecule has 8 nitrogen and oxygen atoms in total. The van der Waals surface area contributed by atoms with Crippen LogP contribution in [0.25, 0.3) is 0 Å². The lowest BCUT2D eigenvalue weighted by Gasteiger charge is -2.33. The number of amides is 3. The third-order valence-corrected chi connectivity index (χ3v) is 4.63. The number of piperazine rings is 1. The summed E-state index contributed by atoms with van der Waals surface area (Å²) in [5.41, 5.74) is 1.80. The Morgan fingerprint density at radius 2 is 1.57 bits per heavy atom. The summed E-state index contributed by atoms with van der Waals surface area (Å²) in [5.74, 6) is -2.16. The quantitative estimate of drug-likeness (QED) is 0.554. The molecule has 0 saturated carbocycles. The molecule has 2 aromatic rings. The highest BCUT2D eigenvalue weighted by Gasteiger charge is 2.33. The molecule has 30 heavy (non-hydrogen) atoms. The van der Waals surface area contributed by atoms with Crippen molar-refractivity contribution in [1.82, 2.24) is 9.80 Å². The first-order chi connectivity index (χ1) is 14.5. The van der Waals surface area contributed by atoms with E-state index in [0.29, 0.717) is 24.3 Å². The van der Waals surface area contributed by atoms with Gasteiger partial charge < -0.3 is 19.9 Å². The first-order valence-corrected chi connectivity index (χ1v) is 9.67. The maximum atomic E-state index is 12.4. The molecule has 156 valence electrons. The molecule has 0 unspecified atom stereocenters. The largest absolute Gasteiger partial charge is 0.462 e. The number of carbonyl (C=O) groups excluding carboxylic acids is 4. The van der Waals surface area contributed by atoms with Crippen LogP contribution in [0, 0.1) is 0 Å². The standard InChI is InChI=1S/C22H23N3O5/c1-2-30-22(29)17-8-10-18(11-9-17)23-19(26)15-25-13-12-24(20(27)21(25)28)14-16-6-4-3-5-7-16/h3-11H,2,12-15H2,1H3,(H,23,26). The summed E-state index contributed by atoms with van der Waals surface area (Å²) in [6.45, 7) is 2.79. The van der Waals surface area contributed by atoms with Gasteiger partial charge in [-0.2, -0.15) is 0 Å². The van der Waals surface area contributed by atoms with Crippen LogP contribution in [0.15, 0.2) is 54.6 Å². The zero-order valence-electron chi connectivity index (χ0n) is 16.7. The maximum Gasteiger partial charge on any atom is 0.338 e. The van der Waals surface area contributed by atoms with E-state index in [2.05, 4.69) is 5.32 Å². The first kappa shape index (κ1) is 21.0. The summed E-state index contributed by atoms with van der Waals surface area (Å²) in [6.07, 6.45) is 0. The van der Waals surface area contributed by atoms with Crippen molar-refractivity contribution >= 4 is 29.4 Å². The Morgan fingerprint density at radius 3 is 2.23 bits per heavy atom. The van der Waals surface area contributed by atoms with Crippen molar-refractivity contribution in [2.45, 2.75) is 13.5 Å². The van der Waals surface area contributed by atoms with Crippen molar-refractivity contribution in [2.24, 2.45) is 0 Å². The Labute approximate surface area is 174 Å². The highest BCUT2D eigenvalue weighted by atomic mass is 16.5. The van der Waals surface area contributed by atoms with E-state index in [1.54, 1.807) is 31.2 Å². The van der Waals surface area contributed by atoms with E-state index in [0.717, 1.165) is 5.56 Å². The van der Waals surface area contributed by atoms with Gasteiger partial charge in [-0.05, 0) is 36.8 Å². The molecule has 1 fully saturated rings. The van der Waals surface area contributed by atoms with Crippen LogP contribution in [0.5, 0.6) is 0 Å². The number of esters is 1. The minimum absolute atomic E-state index is 0.219. The summed E-state index contributed by atoms with van der Waals surface area (Å²) in [5, 5.41) is 2.66. The molecule has 1 saturated heterocycles. The Morgan fingerprint density at radius 1 is 0.933 bits per heavy atom. The summed E-state index contributed by atoms with van der Waals surface area (Å²) in [4.78, 5) is 51.5. The van der Waals surface area contributed by atoms with Crippen LogP contribution in [0.1, 0.15) is 22.8 Å². The predicted octanol–water partition coefficient (Wildman–Crippen LogP) is 1.67. The Hall–Kier alpha value is -3.68. The van der Waals surface area contributed by atoms with Crippen LogP contribution >= 0.6 is 0 Å². The first-order valence-electron chi connectivity index (χ1n) is 9.67. The van der Waals surface area contributed by atoms with Crippen molar-refractivity contribution in [3.63, 3.8) is 0 Å². The monoisotopic (exact) mass is 409 g/mol. The van der Waals surface area contributed by atoms with Gasteiger partial charge in [0.2, 0.25) is 5.91 Å². The van der Waals surface area contributed by atoms with E-state index in [9.17, 15) is 19.2 Å². The minimum atomic E-state index is -0.690. The molecule has 2 aromatic carbocycles. The van der Waals surface area contributed by atoms with Gasteiger partial charge in [0.25, 0.3) is 0 Å². The van der Waals surface area contributed by atoms with Gasteiger partial charge in [-0.3, -0.25) is 14.4 Å². The Kier molecular flexibility index (Phi) is 6.79.